The van der Waals surface area contributed by atoms with Gasteiger partial charge in [0.2, 0.25) is 5.75 Å². The molecule has 202 valence electrons. The number of hydrogen-bond donors (Lipinski definition) is 1. The third-order valence-corrected chi connectivity index (χ3v) is 7.66. The second kappa shape index (κ2) is 11.3. The van der Waals surface area contributed by atoms with Crippen molar-refractivity contribution in [2.24, 2.45) is 0 Å². The van der Waals surface area contributed by atoms with Gasteiger partial charge in [-0.1, -0.05) is 52.5 Å². The van der Waals surface area contributed by atoms with Crippen molar-refractivity contribution in [2.75, 3.05) is 11.5 Å². The van der Waals surface area contributed by atoms with Crippen molar-refractivity contribution in [3.63, 3.8) is 0 Å². The third kappa shape index (κ3) is 6.04. The van der Waals surface area contributed by atoms with Crippen LogP contribution in [0.5, 0.6) is 11.5 Å². The van der Waals surface area contributed by atoms with Crippen LogP contribution in [-0.2, 0) is 19.7 Å². The zero-order chi connectivity index (χ0) is 28.5. The number of aryl methyl sites for hydroxylation is 1. The largest absolute Gasteiger partial charge is 0.490 e. The molecule has 1 N–H and O–H groups in total. The molecule has 4 amide bonds. The van der Waals surface area contributed by atoms with Crippen molar-refractivity contribution in [1.82, 2.24) is 5.32 Å². The molecule has 0 saturated carbocycles. The van der Waals surface area contributed by atoms with E-state index >= 15 is 0 Å². The maximum absolute atomic E-state index is 13.2. The number of ether oxygens (including phenoxy) is 1. The minimum atomic E-state index is -4.26. The minimum absolute atomic E-state index is 0.0476. The number of rotatable bonds is 7. The Morgan fingerprint density at radius 1 is 0.923 bits per heavy atom. The third-order valence-electron chi connectivity index (χ3n) is 5.41. The first kappa shape index (κ1) is 28.4. The van der Waals surface area contributed by atoms with E-state index in [4.69, 9.17) is 43.7 Å². The fourth-order valence-corrected chi connectivity index (χ4v) is 5.11. The molecular weight excluding hydrogens is 591 g/mol. The number of benzene rings is 3. The van der Waals surface area contributed by atoms with Crippen LogP contribution in [0.3, 0.4) is 0 Å². The van der Waals surface area contributed by atoms with Crippen LogP contribution >= 0.6 is 34.8 Å². The summed E-state index contributed by atoms with van der Waals surface area (Å²) in [6.07, 6.45) is 1.18. The van der Waals surface area contributed by atoms with Gasteiger partial charge in [0.05, 0.1) is 27.4 Å². The molecule has 0 spiro atoms. The summed E-state index contributed by atoms with van der Waals surface area (Å²) in [4.78, 5) is 38.9. The number of carbonyl (C=O) groups is 3. The van der Waals surface area contributed by atoms with Gasteiger partial charge in [0.15, 0.2) is 5.75 Å². The van der Waals surface area contributed by atoms with Gasteiger partial charge in [0.1, 0.15) is 10.5 Å². The lowest BCUT2D eigenvalue weighted by Crippen LogP contribution is -2.54. The van der Waals surface area contributed by atoms with E-state index in [-0.39, 0.29) is 49.3 Å². The molecule has 39 heavy (non-hydrogen) atoms. The number of halogens is 3. The zero-order valence-corrected chi connectivity index (χ0v) is 23.4. The van der Waals surface area contributed by atoms with Gasteiger partial charge >= 0.3 is 16.1 Å². The summed E-state index contributed by atoms with van der Waals surface area (Å²) < 4.78 is 36.6. The molecule has 0 aliphatic carbocycles. The van der Waals surface area contributed by atoms with E-state index in [9.17, 15) is 22.8 Å². The molecule has 1 heterocycles. The molecule has 0 unspecified atom stereocenters. The van der Waals surface area contributed by atoms with Crippen LogP contribution in [0.2, 0.25) is 15.1 Å². The molecular formula is C26H19Cl3N2O7S. The van der Waals surface area contributed by atoms with E-state index in [0.717, 1.165) is 10.5 Å². The minimum Gasteiger partial charge on any atom is -0.490 e. The van der Waals surface area contributed by atoms with Crippen molar-refractivity contribution in [2.45, 2.75) is 18.7 Å². The number of nitrogens with zero attached hydrogens (tertiary/aromatic N) is 1. The highest BCUT2D eigenvalue weighted by Crippen LogP contribution is 2.39. The lowest BCUT2D eigenvalue weighted by molar-refractivity contribution is -0.122. The van der Waals surface area contributed by atoms with Gasteiger partial charge in [-0.05, 0) is 68.0 Å². The van der Waals surface area contributed by atoms with Crippen LogP contribution in [0, 0.1) is 6.92 Å². The van der Waals surface area contributed by atoms with E-state index in [1.54, 1.807) is 19.1 Å². The highest BCUT2D eigenvalue weighted by Gasteiger charge is 2.37. The van der Waals surface area contributed by atoms with Crippen LogP contribution < -0.4 is 19.1 Å². The fourth-order valence-electron chi connectivity index (χ4n) is 3.56. The van der Waals surface area contributed by atoms with Crippen molar-refractivity contribution < 1.29 is 31.7 Å². The van der Waals surface area contributed by atoms with Gasteiger partial charge in [-0.3, -0.25) is 14.9 Å². The maximum atomic E-state index is 13.2. The Bertz CT molecular complexity index is 1640. The van der Waals surface area contributed by atoms with E-state index in [0.29, 0.717) is 0 Å². The van der Waals surface area contributed by atoms with E-state index < -0.39 is 33.5 Å². The van der Waals surface area contributed by atoms with Crippen LogP contribution in [0.15, 0.2) is 65.1 Å². The number of urea groups is 1. The van der Waals surface area contributed by atoms with Gasteiger partial charge in [-0.2, -0.15) is 8.42 Å². The Kier molecular flexibility index (Phi) is 8.22. The lowest BCUT2D eigenvalue weighted by atomic mass is 10.1. The number of amides is 4. The summed E-state index contributed by atoms with van der Waals surface area (Å²) in [7, 11) is -4.26. The molecule has 1 saturated heterocycles. The van der Waals surface area contributed by atoms with Crippen LogP contribution in [0.1, 0.15) is 18.1 Å². The Morgan fingerprint density at radius 2 is 1.62 bits per heavy atom. The number of imide groups is 2. The molecule has 13 heteroatoms. The smallest absolute Gasteiger partial charge is 0.339 e. The van der Waals surface area contributed by atoms with E-state index in [2.05, 4.69) is 5.32 Å². The van der Waals surface area contributed by atoms with Crippen molar-refractivity contribution >= 4 is 74.5 Å². The highest BCUT2D eigenvalue weighted by molar-refractivity contribution is 7.87. The predicted octanol–water partition coefficient (Wildman–Crippen LogP) is 5.79. The number of hydrogen-bond acceptors (Lipinski definition) is 7. The average molecular weight is 610 g/mol. The summed E-state index contributed by atoms with van der Waals surface area (Å²) in [6, 6.07) is 11.8. The Balaban J connectivity index is 1.72. The van der Waals surface area contributed by atoms with Gasteiger partial charge in [0, 0.05) is 0 Å². The van der Waals surface area contributed by atoms with Gasteiger partial charge in [-0.25, -0.2) is 9.69 Å². The van der Waals surface area contributed by atoms with Crippen LogP contribution in [-0.4, -0.2) is 32.9 Å². The van der Waals surface area contributed by atoms with E-state index in [1.165, 1.54) is 48.5 Å². The first-order chi connectivity index (χ1) is 18.4. The number of anilines is 1. The Labute approximate surface area is 239 Å². The van der Waals surface area contributed by atoms with Crippen LogP contribution in [0.25, 0.3) is 6.08 Å². The molecule has 3 aromatic rings. The SMILES string of the molecule is CCOc1cc(/C=C2\C(=O)NC(=O)N(c3ccc(Cl)c(Cl)c3)C2=O)cc(Cl)c1OS(=O)(=O)c1ccc(C)cc1. The Morgan fingerprint density at radius 3 is 2.26 bits per heavy atom. The van der Waals surface area contributed by atoms with Crippen molar-refractivity contribution in [3.8, 4) is 11.5 Å². The summed E-state index contributed by atoms with van der Waals surface area (Å²) in [5, 5.41) is 2.24. The van der Waals surface area contributed by atoms with Crippen LogP contribution in [0.4, 0.5) is 10.5 Å². The summed E-state index contributed by atoms with van der Waals surface area (Å²) in [5.41, 5.74) is 0.745. The van der Waals surface area contributed by atoms with Gasteiger partial charge < -0.3 is 8.92 Å². The standard InChI is InChI=1S/C26H19Cl3N2O7S/c1-3-37-22-12-15(11-21(29)23(22)38-39(35,36)17-7-4-14(2)5-8-17)10-18-24(32)30-26(34)31(25(18)33)16-6-9-19(27)20(28)13-16/h4-13H,3H2,1-2H3,(H,30,32,34)/b18-10+. The maximum Gasteiger partial charge on any atom is 0.339 e. The molecule has 3 aromatic carbocycles. The average Bonchev–Trinajstić information content (AvgIpc) is 2.86. The molecule has 4 rings (SSSR count). The lowest BCUT2D eigenvalue weighted by Gasteiger charge is -2.26. The number of carbonyl (C=O) groups excluding carboxylic acids is 3. The van der Waals surface area contributed by atoms with E-state index in [1.807, 2.05) is 6.92 Å². The molecule has 0 atom stereocenters. The second-order valence-corrected chi connectivity index (χ2v) is 10.9. The Hall–Kier alpha value is -3.57. The van der Waals surface area contributed by atoms with Gasteiger partial charge in [-0.15, -0.1) is 0 Å². The fraction of sp³-hybridized carbons (Fsp3) is 0.115. The topological polar surface area (TPSA) is 119 Å². The molecule has 9 nitrogen and oxygen atoms in total. The molecule has 0 aromatic heterocycles. The van der Waals surface area contributed by atoms with Gasteiger partial charge in [0.25, 0.3) is 11.8 Å². The monoisotopic (exact) mass is 608 g/mol. The summed E-state index contributed by atoms with van der Waals surface area (Å²) in [5.74, 6) is -2.20. The molecule has 0 bridgehead atoms. The summed E-state index contributed by atoms with van der Waals surface area (Å²) >= 11 is 18.3. The quantitative estimate of drug-likeness (QED) is 0.205. The molecule has 1 aliphatic heterocycles. The number of nitrogens with one attached hydrogen (secondary N) is 1. The molecule has 1 fully saturated rings. The normalized spacial score (nSPS) is 14.9. The first-order valence-corrected chi connectivity index (χ1v) is 13.8. The highest BCUT2D eigenvalue weighted by atomic mass is 35.5. The van der Waals surface area contributed by atoms with Crippen molar-refractivity contribution in [1.29, 1.82) is 0 Å². The summed E-state index contributed by atoms with van der Waals surface area (Å²) in [6.45, 7) is 3.60. The van der Waals surface area contributed by atoms with Crippen molar-refractivity contribution in [3.05, 3.63) is 86.4 Å². The first-order valence-electron chi connectivity index (χ1n) is 11.2. The zero-order valence-electron chi connectivity index (χ0n) is 20.3. The number of barbiturate groups is 1. The molecule has 1 aliphatic rings. The predicted molar refractivity (Wildman–Crippen MR) is 147 cm³/mol. The molecule has 0 radical (unpaired) electrons. The second-order valence-electron chi connectivity index (χ2n) is 8.17.